The van der Waals surface area contributed by atoms with Crippen molar-refractivity contribution in [1.29, 1.82) is 0 Å². The number of fused-ring (bicyclic) bond motifs is 1. The summed E-state index contributed by atoms with van der Waals surface area (Å²) in [6.07, 6.45) is 2.91. The first-order valence-corrected chi connectivity index (χ1v) is 7.15. The van der Waals surface area contributed by atoms with Gasteiger partial charge in [0.2, 0.25) is 0 Å². The molecule has 0 saturated carbocycles. The van der Waals surface area contributed by atoms with Crippen molar-refractivity contribution < 1.29 is 4.42 Å². The average Bonchev–Trinajstić information content (AvgIpc) is 2.95. The Labute approximate surface area is 119 Å². The van der Waals surface area contributed by atoms with Gasteiger partial charge in [-0.2, -0.15) is 0 Å². The van der Waals surface area contributed by atoms with Gasteiger partial charge in [-0.05, 0) is 35.4 Å². The molecule has 0 bridgehead atoms. The number of hydrogen-bond acceptors (Lipinski definition) is 2. The van der Waals surface area contributed by atoms with Gasteiger partial charge in [0.15, 0.2) is 0 Å². The maximum Gasteiger partial charge on any atom is 0.125 e. The van der Waals surface area contributed by atoms with Crippen molar-refractivity contribution >= 4 is 10.8 Å². The van der Waals surface area contributed by atoms with Gasteiger partial charge in [0.25, 0.3) is 0 Å². The van der Waals surface area contributed by atoms with Gasteiger partial charge < -0.3 is 9.73 Å². The van der Waals surface area contributed by atoms with Crippen molar-refractivity contribution in [2.45, 2.75) is 19.9 Å². The summed E-state index contributed by atoms with van der Waals surface area (Å²) in [5, 5.41) is 5.94. The van der Waals surface area contributed by atoms with Crippen LogP contribution in [0.15, 0.2) is 59.2 Å². The maximum atomic E-state index is 5.65. The van der Waals surface area contributed by atoms with Crippen LogP contribution in [0.3, 0.4) is 0 Å². The molecule has 0 radical (unpaired) electrons. The summed E-state index contributed by atoms with van der Waals surface area (Å²) in [7, 11) is 0. The second-order valence-electron chi connectivity index (χ2n) is 4.96. The molecule has 0 amide bonds. The molecule has 0 unspecified atom stereocenters. The molecule has 0 fully saturated rings. The Morgan fingerprint density at radius 1 is 0.950 bits per heavy atom. The van der Waals surface area contributed by atoms with E-state index < -0.39 is 0 Å². The van der Waals surface area contributed by atoms with Gasteiger partial charge in [-0.15, -0.1) is 0 Å². The highest BCUT2D eigenvalue weighted by Crippen LogP contribution is 2.31. The third-order valence-corrected chi connectivity index (χ3v) is 3.54. The topological polar surface area (TPSA) is 25.2 Å². The van der Waals surface area contributed by atoms with E-state index in [4.69, 9.17) is 4.42 Å². The van der Waals surface area contributed by atoms with E-state index in [2.05, 4.69) is 60.8 Å². The Morgan fingerprint density at radius 2 is 1.80 bits per heavy atom. The molecule has 2 nitrogen and oxygen atoms in total. The van der Waals surface area contributed by atoms with Gasteiger partial charge in [-0.1, -0.05) is 49.4 Å². The molecule has 2 heteroatoms. The monoisotopic (exact) mass is 265 g/mol. The second-order valence-corrected chi connectivity index (χ2v) is 4.96. The van der Waals surface area contributed by atoms with Crippen molar-refractivity contribution in [1.82, 2.24) is 5.32 Å². The van der Waals surface area contributed by atoms with Gasteiger partial charge in [-0.3, -0.25) is 0 Å². The highest BCUT2D eigenvalue weighted by Gasteiger charge is 2.10. The zero-order valence-electron chi connectivity index (χ0n) is 11.7. The number of hydrogen-bond donors (Lipinski definition) is 1. The predicted molar refractivity (Wildman–Crippen MR) is 83.6 cm³/mol. The van der Waals surface area contributed by atoms with Gasteiger partial charge in [0, 0.05) is 5.56 Å². The lowest BCUT2D eigenvalue weighted by Gasteiger charge is -2.07. The minimum atomic E-state index is 0.777. The minimum absolute atomic E-state index is 0.777. The molecule has 1 heterocycles. The summed E-state index contributed by atoms with van der Waals surface area (Å²) >= 11 is 0. The molecule has 20 heavy (non-hydrogen) atoms. The fraction of sp³-hybridized carbons (Fsp3) is 0.222. The molecule has 2 aromatic carbocycles. The Balaban J connectivity index is 2.01. The molecule has 0 aliphatic carbocycles. The fourth-order valence-corrected chi connectivity index (χ4v) is 2.56. The SMILES string of the molecule is CCCNCc1occc1-c1cccc2ccccc12. The number of benzene rings is 2. The third kappa shape index (κ3) is 2.47. The Morgan fingerprint density at radius 3 is 2.70 bits per heavy atom. The van der Waals surface area contributed by atoms with Crippen molar-refractivity contribution in [3.05, 3.63) is 60.6 Å². The van der Waals surface area contributed by atoms with Crippen LogP contribution >= 0.6 is 0 Å². The Kier molecular flexibility index (Phi) is 3.84. The van der Waals surface area contributed by atoms with Crippen molar-refractivity contribution in [2.24, 2.45) is 0 Å². The number of rotatable bonds is 5. The van der Waals surface area contributed by atoms with Crippen LogP contribution in [-0.2, 0) is 6.54 Å². The summed E-state index contributed by atoms with van der Waals surface area (Å²) < 4.78 is 5.65. The lowest BCUT2D eigenvalue weighted by atomic mass is 9.98. The van der Waals surface area contributed by atoms with Crippen molar-refractivity contribution in [3.8, 4) is 11.1 Å². The first kappa shape index (κ1) is 12.9. The Bertz CT molecular complexity index is 694. The number of furan rings is 1. The molecular weight excluding hydrogens is 246 g/mol. The van der Waals surface area contributed by atoms with Gasteiger partial charge >= 0.3 is 0 Å². The quantitative estimate of drug-likeness (QED) is 0.682. The normalized spacial score (nSPS) is 11.1. The minimum Gasteiger partial charge on any atom is -0.467 e. The first-order chi connectivity index (χ1) is 9.90. The maximum absolute atomic E-state index is 5.65. The van der Waals surface area contributed by atoms with Crippen LogP contribution in [0.25, 0.3) is 21.9 Å². The third-order valence-electron chi connectivity index (χ3n) is 3.54. The summed E-state index contributed by atoms with van der Waals surface area (Å²) in [6.45, 7) is 3.95. The molecule has 0 spiro atoms. The van der Waals surface area contributed by atoms with Crippen molar-refractivity contribution in [2.75, 3.05) is 6.54 Å². The number of nitrogens with one attached hydrogen (secondary N) is 1. The summed E-state index contributed by atoms with van der Waals surface area (Å²) in [4.78, 5) is 0. The van der Waals surface area contributed by atoms with Crippen LogP contribution in [0, 0.1) is 0 Å². The molecular formula is C18H19NO. The molecule has 0 aliphatic rings. The lowest BCUT2D eigenvalue weighted by molar-refractivity contribution is 0.484. The van der Waals surface area contributed by atoms with E-state index in [0.717, 1.165) is 25.3 Å². The van der Waals surface area contributed by atoms with E-state index in [1.165, 1.54) is 21.9 Å². The van der Waals surface area contributed by atoms with Crippen LogP contribution in [0.4, 0.5) is 0 Å². The van der Waals surface area contributed by atoms with Gasteiger partial charge in [0.05, 0.1) is 12.8 Å². The zero-order chi connectivity index (χ0) is 13.8. The van der Waals surface area contributed by atoms with E-state index in [1.54, 1.807) is 6.26 Å². The van der Waals surface area contributed by atoms with Crippen LogP contribution < -0.4 is 5.32 Å². The van der Waals surface area contributed by atoms with E-state index in [1.807, 2.05) is 0 Å². The van der Waals surface area contributed by atoms with Crippen LogP contribution in [0.1, 0.15) is 19.1 Å². The summed E-state index contributed by atoms with van der Waals surface area (Å²) in [5.41, 5.74) is 2.43. The van der Waals surface area contributed by atoms with E-state index in [-0.39, 0.29) is 0 Å². The molecule has 3 aromatic rings. The molecule has 1 aromatic heterocycles. The van der Waals surface area contributed by atoms with Crippen LogP contribution in [0.5, 0.6) is 0 Å². The largest absolute Gasteiger partial charge is 0.467 e. The van der Waals surface area contributed by atoms with Crippen LogP contribution in [-0.4, -0.2) is 6.54 Å². The highest BCUT2D eigenvalue weighted by atomic mass is 16.3. The van der Waals surface area contributed by atoms with Gasteiger partial charge in [0.1, 0.15) is 5.76 Å². The van der Waals surface area contributed by atoms with Crippen LogP contribution in [0.2, 0.25) is 0 Å². The van der Waals surface area contributed by atoms with Crippen molar-refractivity contribution in [3.63, 3.8) is 0 Å². The molecule has 3 rings (SSSR count). The molecule has 1 N–H and O–H groups in total. The fourth-order valence-electron chi connectivity index (χ4n) is 2.56. The Hall–Kier alpha value is -2.06. The molecule has 0 aliphatic heterocycles. The molecule has 0 atom stereocenters. The molecule has 102 valence electrons. The first-order valence-electron chi connectivity index (χ1n) is 7.15. The standard InChI is InChI=1S/C18H19NO/c1-2-11-19-13-18-17(10-12-20-18)16-9-5-7-14-6-3-4-8-15(14)16/h3-10,12,19H,2,11,13H2,1H3. The zero-order valence-corrected chi connectivity index (χ0v) is 11.7. The summed E-state index contributed by atoms with van der Waals surface area (Å²) in [6, 6.07) is 16.9. The predicted octanol–water partition coefficient (Wildman–Crippen LogP) is 4.60. The van der Waals surface area contributed by atoms with E-state index in [9.17, 15) is 0 Å². The highest BCUT2D eigenvalue weighted by molar-refractivity contribution is 5.96. The van der Waals surface area contributed by atoms with Gasteiger partial charge in [-0.25, -0.2) is 0 Å². The smallest absolute Gasteiger partial charge is 0.125 e. The second kappa shape index (κ2) is 5.93. The lowest BCUT2D eigenvalue weighted by Crippen LogP contribution is -2.13. The van der Waals surface area contributed by atoms with E-state index >= 15 is 0 Å². The summed E-state index contributed by atoms with van der Waals surface area (Å²) in [5.74, 6) is 1.01. The van der Waals surface area contributed by atoms with E-state index in [0.29, 0.717) is 0 Å². The average molecular weight is 265 g/mol. The molecule has 0 saturated heterocycles.